The van der Waals surface area contributed by atoms with Crippen molar-refractivity contribution in [1.82, 2.24) is 21.5 Å². The predicted molar refractivity (Wildman–Crippen MR) is 113 cm³/mol. The molecule has 1 heterocycles. The summed E-state index contributed by atoms with van der Waals surface area (Å²) < 4.78 is 0. The van der Waals surface area contributed by atoms with Crippen LogP contribution in [0.2, 0.25) is 5.02 Å². The van der Waals surface area contributed by atoms with Crippen molar-refractivity contribution in [2.45, 2.75) is 38.5 Å². The van der Waals surface area contributed by atoms with Gasteiger partial charge in [-0.15, -0.1) is 0 Å². The van der Waals surface area contributed by atoms with Gasteiger partial charge >= 0.3 is 0 Å². The second-order valence-corrected chi connectivity index (χ2v) is 7.50. The van der Waals surface area contributed by atoms with Gasteiger partial charge < -0.3 is 5.32 Å². The number of hydrogen-bond acceptors (Lipinski definition) is 5. The van der Waals surface area contributed by atoms with E-state index in [9.17, 15) is 4.79 Å². The van der Waals surface area contributed by atoms with Crippen LogP contribution in [0.5, 0.6) is 0 Å². The third-order valence-corrected chi connectivity index (χ3v) is 4.60. The van der Waals surface area contributed by atoms with Crippen LogP contribution in [0, 0.1) is 11.3 Å². The number of nitrogens with zero attached hydrogens (tertiary/aromatic N) is 2. The molecule has 0 bridgehead atoms. The lowest BCUT2D eigenvalue weighted by molar-refractivity contribution is 0.0975. The van der Waals surface area contributed by atoms with Crippen LogP contribution in [-0.2, 0) is 0 Å². The van der Waals surface area contributed by atoms with Crippen molar-refractivity contribution in [1.29, 1.82) is 5.26 Å². The number of nitriles is 1. The first-order chi connectivity index (χ1) is 13.9. The summed E-state index contributed by atoms with van der Waals surface area (Å²) in [5.74, 6) is 0.0534. The smallest absolute Gasteiger partial charge is 0.257 e. The molecule has 2 aromatic rings. The third-order valence-electron chi connectivity index (χ3n) is 4.35. The Labute approximate surface area is 175 Å². The first kappa shape index (κ1) is 20.8. The van der Waals surface area contributed by atoms with Gasteiger partial charge in [0, 0.05) is 29.1 Å². The van der Waals surface area contributed by atoms with Crippen LogP contribution in [0.1, 0.15) is 47.8 Å². The topological polar surface area (TPSA) is 101 Å². The average molecular weight is 411 g/mol. The zero-order chi connectivity index (χ0) is 20.8. The van der Waals surface area contributed by atoms with Crippen molar-refractivity contribution >= 4 is 23.5 Å². The second kappa shape index (κ2) is 9.52. The van der Waals surface area contributed by atoms with Gasteiger partial charge in [-0.2, -0.15) is 5.26 Å². The summed E-state index contributed by atoms with van der Waals surface area (Å²) in [6, 6.07) is 16.4. The molecule has 4 N–H and O–H groups in total. The van der Waals surface area contributed by atoms with E-state index < -0.39 is 0 Å². The third kappa shape index (κ3) is 5.78. The minimum atomic E-state index is -0.325. The van der Waals surface area contributed by atoms with Crippen LogP contribution in [0.3, 0.4) is 0 Å². The quantitative estimate of drug-likeness (QED) is 0.458. The van der Waals surface area contributed by atoms with Gasteiger partial charge in [0.05, 0.1) is 11.6 Å². The van der Waals surface area contributed by atoms with Crippen molar-refractivity contribution in [3.05, 3.63) is 70.2 Å². The summed E-state index contributed by atoms with van der Waals surface area (Å²) in [7, 11) is 0. The van der Waals surface area contributed by atoms with Gasteiger partial charge in [-0.25, -0.2) is 15.8 Å². The second-order valence-electron chi connectivity index (χ2n) is 7.07. The highest BCUT2D eigenvalue weighted by atomic mass is 35.5. The van der Waals surface area contributed by atoms with E-state index in [1.165, 1.54) is 0 Å². The fraction of sp³-hybridized carbons (Fsp3) is 0.286. The molecule has 1 amide bonds. The summed E-state index contributed by atoms with van der Waals surface area (Å²) in [5.41, 5.74) is 8.31. The Kier molecular flexibility index (Phi) is 6.83. The van der Waals surface area contributed by atoms with Gasteiger partial charge in [0.25, 0.3) is 5.91 Å². The molecule has 0 aromatic heterocycles. The van der Waals surface area contributed by atoms with Crippen molar-refractivity contribution < 1.29 is 4.79 Å². The van der Waals surface area contributed by atoms with E-state index >= 15 is 0 Å². The van der Waals surface area contributed by atoms with Crippen molar-refractivity contribution in [2.24, 2.45) is 4.99 Å². The number of hydrazine groups is 1. The largest absolute Gasteiger partial charge is 0.354 e. The molecule has 150 valence electrons. The van der Waals surface area contributed by atoms with Crippen LogP contribution in [0.15, 0.2) is 53.5 Å². The minimum Gasteiger partial charge on any atom is -0.354 e. The van der Waals surface area contributed by atoms with Gasteiger partial charge in [-0.3, -0.25) is 10.1 Å². The monoisotopic (exact) mass is 410 g/mol. The molecule has 8 heteroatoms. The van der Waals surface area contributed by atoms with Crippen LogP contribution >= 0.6 is 11.6 Å². The molecule has 3 rings (SSSR count). The first-order valence-corrected chi connectivity index (χ1v) is 9.75. The Morgan fingerprint density at radius 1 is 1.24 bits per heavy atom. The number of halogens is 1. The molecule has 2 atom stereocenters. The maximum absolute atomic E-state index is 12.6. The highest BCUT2D eigenvalue weighted by molar-refractivity contribution is 6.30. The van der Waals surface area contributed by atoms with Gasteiger partial charge in [0.15, 0.2) is 5.96 Å². The molecule has 29 heavy (non-hydrogen) atoms. The number of aliphatic imine (C=N–C) groups is 1. The normalized spacial score (nSPS) is 19.1. The molecular formula is C21H23ClN6O. The molecule has 1 aliphatic heterocycles. The number of guanidine groups is 1. The number of amides is 1. The molecule has 2 unspecified atom stereocenters. The molecule has 0 aliphatic carbocycles. The van der Waals surface area contributed by atoms with E-state index in [1.807, 2.05) is 44.2 Å². The molecule has 1 aliphatic rings. The average Bonchev–Trinajstić information content (AvgIpc) is 3.16. The summed E-state index contributed by atoms with van der Waals surface area (Å²) in [6.45, 7) is 3.93. The number of carbonyl (C=O) groups excluding carboxylic acids is 1. The summed E-state index contributed by atoms with van der Waals surface area (Å²) in [6.07, 6.45) is 0.493. The van der Waals surface area contributed by atoms with Gasteiger partial charge in [-0.1, -0.05) is 29.8 Å². The molecule has 0 spiro atoms. The van der Waals surface area contributed by atoms with Gasteiger partial charge in [-0.05, 0) is 49.7 Å². The van der Waals surface area contributed by atoms with Crippen LogP contribution < -0.4 is 21.5 Å². The lowest BCUT2D eigenvalue weighted by Gasteiger charge is -2.16. The Morgan fingerprint density at radius 3 is 2.69 bits per heavy atom. The Balaban J connectivity index is 1.71. The van der Waals surface area contributed by atoms with Crippen LogP contribution in [-0.4, -0.2) is 24.1 Å². The lowest BCUT2D eigenvalue weighted by atomic mass is 10.0. The van der Waals surface area contributed by atoms with E-state index in [0.29, 0.717) is 28.5 Å². The van der Waals surface area contributed by atoms with Crippen molar-refractivity contribution in [2.75, 3.05) is 0 Å². The highest BCUT2D eigenvalue weighted by Gasteiger charge is 2.25. The Bertz CT molecular complexity index is 935. The SMILES string of the molecule is CC(C)NC(=NC1CC(c2ccc(Cl)cc2)NN1)NC(=O)c1cccc(C#N)c1. The number of carbonyl (C=O) groups is 1. The standard InChI is InChI=1S/C21H23ClN6O/c1-13(2)24-21(26-20(29)16-5-3-4-14(10-16)12-23)25-19-11-18(27-28-19)15-6-8-17(22)9-7-15/h3-10,13,18-19,27-28H,11H2,1-2H3,(H2,24,25,26,29). The maximum Gasteiger partial charge on any atom is 0.257 e. The zero-order valence-electron chi connectivity index (χ0n) is 16.2. The van der Waals surface area contributed by atoms with E-state index in [-0.39, 0.29) is 24.2 Å². The summed E-state index contributed by atoms with van der Waals surface area (Å²) >= 11 is 5.96. The molecule has 0 saturated carbocycles. The number of rotatable bonds is 4. The molecular weight excluding hydrogens is 388 g/mol. The van der Waals surface area contributed by atoms with Gasteiger partial charge in [0.2, 0.25) is 0 Å². The Hall–Kier alpha value is -2.92. The van der Waals surface area contributed by atoms with E-state index in [1.54, 1.807) is 24.3 Å². The van der Waals surface area contributed by atoms with Gasteiger partial charge in [0.1, 0.15) is 6.17 Å². The lowest BCUT2D eigenvalue weighted by Crippen LogP contribution is -2.45. The molecule has 1 fully saturated rings. The molecule has 7 nitrogen and oxygen atoms in total. The highest BCUT2D eigenvalue weighted by Crippen LogP contribution is 2.24. The first-order valence-electron chi connectivity index (χ1n) is 9.37. The zero-order valence-corrected chi connectivity index (χ0v) is 17.0. The van der Waals surface area contributed by atoms with Crippen molar-refractivity contribution in [3.63, 3.8) is 0 Å². The predicted octanol–water partition coefficient (Wildman–Crippen LogP) is 2.86. The molecule has 0 radical (unpaired) electrons. The van der Waals surface area contributed by atoms with Crippen LogP contribution in [0.25, 0.3) is 0 Å². The Morgan fingerprint density at radius 2 is 2.00 bits per heavy atom. The number of nitrogens with one attached hydrogen (secondary N) is 4. The van der Waals surface area contributed by atoms with Crippen LogP contribution in [0.4, 0.5) is 0 Å². The summed E-state index contributed by atoms with van der Waals surface area (Å²) in [4.78, 5) is 17.2. The fourth-order valence-corrected chi connectivity index (χ4v) is 3.11. The van der Waals surface area contributed by atoms with E-state index in [2.05, 4.69) is 26.5 Å². The van der Waals surface area contributed by atoms with E-state index in [4.69, 9.17) is 16.9 Å². The minimum absolute atomic E-state index is 0.0842. The maximum atomic E-state index is 12.6. The number of hydrogen-bond donors (Lipinski definition) is 4. The van der Waals surface area contributed by atoms with E-state index in [0.717, 1.165) is 5.56 Å². The van der Waals surface area contributed by atoms with Crippen molar-refractivity contribution in [3.8, 4) is 6.07 Å². The number of benzene rings is 2. The molecule has 2 aromatic carbocycles. The summed E-state index contributed by atoms with van der Waals surface area (Å²) in [5, 5.41) is 15.7. The molecule has 1 saturated heterocycles. The fourth-order valence-electron chi connectivity index (χ4n) is 2.98.